The van der Waals surface area contributed by atoms with Crippen LogP contribution in [0.2, 0.25) is 0 Å². The van der Waals surface area contributed by atoms with E-state index in [1.165, 1.54) is 11.3 Å². The Hall–Kier alpha value is -2.21. The lowest BCUT2D eigenvalue weighted by molar-refractivity contribution is -0.115. The molecule has 0 aliphatic carbocycles. The smallest absolute Gasteiger partial charge is 0.225 e. The summed E-state index contributed by atoms with van der Waals surface area (Å²) in [6.45, 7) is 1.79. The highest BCUT2D eigenvalue weighted by Crippen LogP contribution is 2.18. The highest BCUT2D eigenvalue weighted by molar-refractivity contribution is 7.16. The molecule has 0 aliphatic rings. The van der Waals surface area contributed by atoms with E-state index in [2.05, 4.69) is 15.5 Å². The van der Waals surface area contributed by atoms with Gasteiger partial charge in [-0.3, -0.25) is 4.79 Å². The fraction of sp³-hybridized carbons (Fsp3) is 0.214. The Morgan fingerprint density at radius 1 is 1.30 bits per heavy atom. The minimum absolute atomic E-state index is 0.0631. The van der Waals surface area contributed by atoms with E-state index in [-0.39, 0.29) is 5.91 Å². The Balaban J connectivity index is 2.01. The second-order valence-corrected chi connectivity index (χ2v) is 4.96. The van der Waals surface area contributed by atoms with Crippen molar-refractivity contribution in [2.45, 2.75) is 13.3 Å². The van der Waals surface area contributed by atoms with E-state index in [4.69, 9.17) is 4.74 Å². The molecule has 0 saturated carbocycles. The first kappa shape index (κ1) is 14.2. The average Bonchev–Trinajstić information content (AvgIpc) is 2.93. The summed E-state index contributed by atoms with van der Waals surface area (Å²) in [6.07, 6.45) is 4.23. The number of carbonyl (C=O) groups is 1. The molecule has 0 saturated heterocycles. The minimum atomic E-state index is -0.0631. The number of hydrogen-bond donors (Lipinski definition) is 1. The lowest BCUT2D eigenvalue weighted by atomic mass is 10.2. The predicted octanol–water partition coefficient (Wildman–Crippen LogP) is 3.07. The number of amides is 1. The second-order valence-electron chi connectivity index (χ2n) is 3.95. The molecule has 0 aliphatic heterocycles. The number of benzene rings is 1. The molecule has 0 radical (unpaired) electrons. The number of anilines is 1. The van der Waals surface area contributed by atoms with Gasteiger partial charge in [-0.2, -0.15) is 0 Å². The molecule has 1 heterocycles. The zero-order valence-corrected chi connectivity index (χ0v) is 12.1. The van der Waals surface area contributed by atoms with E-state index >= 15 is 0 Å². The Morgan fingerprint density at radius 2 is 2.05 bits per heavy atom. The van der Waals surface area contributed by atoms with Gasteiger partial charge in [-0.15, -0.1) is 10.2 Å². The minimum Gasteiger partial charge on any atom is -0.497 e. The van der Waals surface area contributed by atoms with Gasteiger partial charge in [0.15, 0.2) is 0 Å². The summed E-state index contributed by atoms with van der Waals surface area (Å²) in [4.78, 5) is 11.2. The molecule has 104 valence electrons. The standard InChI is InChI=1S/C14H15N3O2S/c1-3-12(18)15-14-17-16-13(20-14)9-6-10-4-7-11(19-2)8-5-10/h4-9H,3H2,1-2H3,(H,15,17,18)/b9-6+. The summed E-state index contributed by atoms with van der Waals surface area (Å²) in [5.41, 5.74) is 1.04. The Kier molecular flexibility index (Phi) is 4.84. The van der Waals surface area contributed by atoms with Crippen molar-refractivity contribution in [3.8, 4) is 5.75 Å². The molecule has 2 aromatic rings. The van der Waals surface area contributed by atoms with Gasteiger partial charge >= 0.3 is 0 Å². The van der Waals surface area contributed by atoms with Gasteiger partial charge in [0.2, 0.25) is 11.0 Å². The predicted molar refractivity (Wildman–Crippen MR) is 80.8 cm³/mol. The number of nitrogens with zero attached hydrogens (tertiary/aromatic N) is 2. The molecule has 0 unspecified atom stereocenters. The van der Waals surface area contributed by atoms with Crippen molar-refractivity contribution in [1.29, 1.82) is 0 Å². The van der Waals surface area contributed by atoms with Crippen LogP contribution in [-0.2, 0) is 4.79 Å². The molecule has 0 atom stereocenters. The van der Waals surface area contributed by atoms with E-state index in [0.717, 1.165) is 16.3 Å². The molecule has 1 amide bonds. The normalized spacial score (nSPS) is 10.7. The Labute approximate surface area is 121 Å². The van der Waals surface area contributed by atoms with Crippen molar-refractivity contribution in [3.05, 3.63) is 34.8 Å². The molecule has 0 fully saturated rings. The molecule has 0 spiro atoms. The molecule has 1 aromatic heterocycles. The third-order valence-corrected chi connectivity index (χ3v) is 3.35. The molecule has 20 heavy (non-hydrogen) atoms. The largest absolute Gasteiger partial charge is 0.497 e. The third kappa shape index (κ3) is 3.89. The van der Waals surface area contributed by atoms with E-state index in [1.54, 1.807) is 14.0 Å². The SMILES string of the molecule is CCC(=O)Nc1nnc(/C=C/c2ccc(OC)cc2)s1. The quantitative estimate of drug-likeness (QED) is 0.918. The first-order valence-corrected chi connectivity index (χ1v) is 6.98. The maximum absolute atomic E-state index is 11.2. The van der Waals surface area contributed by atoms with Crippen LogP contribution in [0.15, 0.2) is 24.3 Å². The zero-order chi connectivity index (χ0) is 14.4. The van der Waals surface area contributed by atoms with Gasteiger partial charge in [0.1, 0.15) is 10.8 Å². The molecule has 1 N–H and O–H groups in total. The van der Waals surface area contributed by atoms with Crippen molar-refractivity contribution >= 4 is 34.5 Å². The van der Waals surface area contributed by atoms with Gasteiger partial charge < -0.3 is 10.1 Å². The van der Waals surface area contributed by atoms with Gasteiger partial charge in [-0.05, 0) is 23.8 Å². The highest BCUT2D eigenvalue weighted by atomic mass is 32.1. The van der Waals surface area contributed by atoms with E-state index in [0.29, 0.717) is 11.6 Å². The maximum Gasteiger partial charge on any atom is 0.225 e. The third-order valence-electron chi connectivity index (χ3n) is 2.54. The monoisotopic (exact) mass is 289 g/mol. The van der Waals surface area contributed by atoms with Crippen LogP contribution in [0, 0.1) is 0 Å². The summed E-state index contributed by atoms with van der Waals surface area (Å²) in [5.74, 6) is 0.759. The second kappa shape index (κ2) is 6.81. The zero-order valence-electron chi connectivity index (χ0n) is 11.3. The summed E-state index contributed by atoms with van der Waals surface area (Å²) >= 11 is 1.34. The van der Waals surface area contributed by atoms with Crippen LogP contribution in [0.5, 0.6) is 5.75 Å². The van der Waals surface area contributed by atoms with Crippen LogP contribution in [0.3, 0.4) is 0 Å². The lowest BCUT2D eigenvalue weighted by Crippen LogP contribution is -2.08. The van der Waals surface area contributed by atoms with Crippen molar-refractivity contribution < 1.29 is 9.53 Å². The van der Waals surface area contributed by atoms with Crippen LogP contribution in [0.4, 0.5) is 5.13 Å². The fourth-order valence-electron chi connectivity index (χ4n) is 1.44. The highest BCUT2D eigenvalue weighted by Gasteiger charge is 2.04. The number of nitrogens with one attached hydrogen (secondary N) is 1. The Morgan fingerprint density at radius 3 is 2.70 bits per heavy atom. The summed E-state index contributed by atoms with van der Waals surface area (Å²) < 4.78 is 5.10. The van der Waals surface area contributed by atoms with Crippen LogP contribution in [-0.4, -0.2) is 23.2 Å². The molecule has 5 nitrogen and oxygen atoms in total. The number of rotatable bonds is 5. The topological polar surface area (TPSA) is 64.1 Å². The van der Waals surface area contributed by atoms with Crippen molar-refractivity contribution in [2.24, 2.45) is 0 Å². The van der Waals surface area contributed by atoms with Crippen LogP contribution >= 0.6 is 11.3 Å². The van der Waals surface area contributed by atoms with Gasteiger partial charge in [0.05, 0.1) is 7.11 Å². The number of methoxy groups -OCH3 is 1. The maximum atomic E-state index is 11.2. The van der Waals surface area contributed by atoms with Crippen LogP contribution in [0.25, 0.3) is 12.2 Å². The van der Waals surface area contributed by atoms with Gasteiger partial charge in [0, 0.05) is 6.42 Å². The van der Waals surface area contributed by atoms with Crippen molar-refractivity contribution in [1.82, 2.24) is 10.2 Å². The summed E-state index contributed by atoms with van der Waals surface area (Å²) in [7, 11) is 1.64. The van der Waals surface area contributed by atoms with E-state index in [1.807, 2.05) is 36.4 Å². The van der Waals surface area contributed by atoms with Crippen molar-refractivity contribution in [2.75, 3.05) is 12.4 Å². The van der Waals surface area contributed by atoms with Gasteiger partial charge in [-0.1, -0.05) is 36.5 Å². The molecular formula is C14H15N3O2S. The fourth-order valence-corrected chi connectivity index (χ4v) is 2.10. The van der Waals surface area contributed by atoms with Crippen LogP contribution < -0.4 is 10.1 Å². The van der Waals surface area contributed by atoms with Gasteiger partial charge in [-0.25, -0.2) is 0 Å². The first-order chi connectivity index (χ1) is 9.71. The molecular weight excluding hydrogens is 274 g/mol. The molecule has 1 aromatic carbocycles. The molecule has 0 bridgehead atoms. The Bertz CT molecular complexity index is 605. The molecule has 6 heteroatoms. The number of carbonyl (C=O) groups excluding carboxylic acids is 1. The summed E-state index contributed by atoms with van der Waals surface area (Å²) in [5, 5.41) is 11.8. The molecule has 2 rings (SSSR count). The first-order valence-electron chi connectivity index (χ1n) is 6.16. The van der Waals surface area contributed by atoms with E-state index in [9.17, 15) is 4.79 Å². The summed E-state index contributed by atoms with van der Waals surface area (Å²) in [6, 6.07) is 7.70. The number of hydrogen-bond acceptors (Lipinski definition) is 5. The lowest BCUT2D eigenvalue weighted by Gasteiger charge is -1.98. The van der Waals surface area contributed by atoms with Crippen molar-refractivity contribution in [3.63, 3.8) is 0 Å². The number of aromatic nitrogens is 2. The van der Waals surface area contributed by atoms with Crippen LogP contribution in [0.1, 0.15) is 23.9 Å². The van der Waals surface area contributed by atoms with Gasteiger partial charge in [0.25, 0.3) is 0 Å². The number of ether oxygens (including phenoxy) is 1. The average molecular weight is 289 g/mol. The van der Waals surface area contributed by atoms with E-state index < -0.39 is 0 Å².